The Morgan fingerprint density at radius 3 is 2.76 bits per heavy atom. The molecule has 1 unspecified atom stereocenters. The lowest BCUT2D eigenvalue weighted by Crippen LogP contribution is -2.56. The van der Waals surface area contributed by atoms with E-state index in [4.69, 9.17) is 9.84 Å². The van der Waals surface area contributed by atoms with Gasteiger partial charge in [-0.2, -0.15) is 0 Å². The molecule has 1 aliphatic heterocycles. The smallest absolute Gasteiger partial charge is 0.317 e. The van der Waals surface area contributed by atoms with Crippen LogP contribution in [0.1, 0.15) is 12.5 Å². The Morgan fingerprint density at radius 1 is 1.52 bits per heavy atom. The predicted molar refractivity (Wildman–Crippen MR) is 74.9 cm³/mol. The Kier molecular flexibility index (Phi) is 4.62. The molecule has 2 amide bonds. The average Bonchev–Trinajstić information content (AvgIpc) is 2.43. The molecule has 0 radical (unpaired) electrons. The third kappa shape index (κ3) is 3.62. The monoisotopic (exact) mass is 293 g/mol. The minimum Gasteiger partial charge on any atom is -0.481 e. The maximum atomic E-state index is 11.9. The standard InChI is InChI=1S/C14H19N3O4/c1-9(13(18)19)11-7-17(8-11)14(20)16-6-10-3-4-12(21-2)15-5-10/h3-5,9,11H,6-8H2,1-2H3,(H,16,20)(H,18,19). The number of pyridine rings is 1. The number of likely N-dealkylation sites (tertiary alicyclic amines) is 1. The van der Waals surface area contributed by atoms with Gasteiger partial charge in [0.15, 0.2) is 0 Å². The molecule has 1 aromatic rings. The molecular weight excluding hydrogens is 274 g/mol. The number of ether oxygens (including phenoxy) is 1. The van der Waals surface area contributed by atoms with Gasteiger partial charge in [-0.1, -0.05) is 13.0 Å². The number of carboxylic acids is 1. The molecule has 7 heteroatoms. The van der Waals surface area contributed by atoms with Gasteiger partial charge in [-0.05, 0) is 5.56 Å². The number of carboxylic acid groups (broad SMARTS) is 1. The van der Waals surface area contributed by atoms with Crippen LogP contribution >= 0.6 is 0 Å². The second-order valence-corrected chi connectivity index (χ2v) is 5.16. The van der Waals surface area contributed by atoms with Gasteiger partial charge in [-0.3, -0.25) is 4.79 Å². The number of hydrogen-bond donors (Lipinski definition) is 2. The second kappa shape index (κ2) is 6.43. The van der Waals surface area contributed by atoms with Crippen LogP contribution in [0.15, 0.2) is 18.3 Å². The molecule has 21 heavy (non-hydrogen) atoms. The number of carbonyl (C=O) groups excluding carboxylic acids is 1. The maximum absolute atomic E-state index is 11.9. The number of amides is 2. The van der Waals surface area contributed by atoms with Crippen molar-refractivity contribution in [3.63, 3.8) is 0 Å². The van der Waals surface area contributed by atoms with Gasteiger partial charge in [0, 0.05) is 37.8 Å². The molecule has 0 aromatic carbocycles. The van der Waals surface area contributed by atoms with Crippen LogP contribution in [0.4, 0.5) is 4.79 Å². The molecule has 1 saturated heterocycles. The van der Waals surface area contributed by atoms with E-state index in [1.165, 1.54) is 0 Å². The topological polar surface area (TPSA) is 91.8 Å². The number of urea groups is 1. The zero-order valence-corrected chi connectivity index (χ0v) is 12.1. The predicted octanol–water partition coefficient (Wildman–Crippen LogP) is 0.952. The van der Waals surface area contributed by atoms with Crippen LogP contribution < -0.4 is 10.1 Å². The highest BCUT2D eigenvalue weighted by Gasteiger charge is 2.36. The van der Waals surface area contributed by atoms with Crippen LogP contribution in [-0.4, -0.2) is 47.2 Å². The van der Waals surface area contributed by atoms with E-state index in [1.807, 2.05) is 6.07 Å². The third-order valence-electron chi connectivity index (χ3n) is 3.74. The first-order chi connectivity index (χ1) is 10.0. The van der Waals surface area contributed by atoms with Gasteiger partial charge in [-0.25, -0.2) is 9.78 Å². The van der Waals surface area contributed by atoms with E-state index in [-0.39, 0.29) is 11.9 Å². The quantitative estimate of drug-likeness (QED) is 0.843. The molecule has 2 N–H and O–H groups in total. The van der Waals surface area contributed by atoms with E-state index in [1.54, 1.807) is 31.2 Å². The Morgan fingerprint density at radius 2 is 2.24 bits per heavy atom. The number of carbonyl (C=O) groups is 2. The van der Waals surface area contributed by atoms with Crippen molar-refractivity contribution in [3.8, 4) is 5.88 Å². The molecule has 1 atom stereocenters. The van der Waals surface area contributed by atoms with Crippen molar-refractivity contribution in [2.24, 2.45) is 11.8 Å². The summed E-state index contributed by atoms with van der Waals surface area (Å²) in [6.45, 7) is 3.02. The number of methoxy groups -OCH3 is 1. The van der Waals surface area contributed by atoms with Gasteiger partial charge < -0.3 is 20.1 Å². The molecule has 0 aliphatic carbocycles. The summed E-state index contributed by atoms with van der Waals surface area (Å²) in [5, 5.41) is 11.7. The van der Waals surface area contributed by atoms with Gasteiger partial charge >= 0.3 is 12.0 Å². The highest BCUT2D eigenvalue weighted by molar-refractivity contribution is 5.76. The number of aliphatic carboxylic acids is 1. The summed E-state index contributed by atoms with van der Waals surface area (Å²) >= 11 is 0. The number of hydrogen-bond acceptors (Lipinski definition) is 4. The fourth-order valence-electron chi connectivity index (χ4n) is 2.12. The molecule has 0 spiro atoms. The summed E-state index contributed by atoms with van der Waals surface area (Å²) in [5.74, 6) is -0.668. The number of nitrogens with zero attached hydrogens (tertiary/aromatic N) is 2. The van der Waals surface area contributed by atoms with Crippen LogP contribution in [0, 0.1) is 11.8 Å². The van der Waals surface area contributed by atoms with E-state index in [2.05, 4.69) is 10.3 Å². The first-order valence-corrected chi connectivity index (χ1v) is 6.75. The fraction of sp³-hybridized carbons (Fsp3) is 0.500. The van der Waals surface area contributed by atoms with Gasteiger partial charge in [0.05, 0.1) is 13.0 Å². The van der Waals surface area contributed by atoms with E-state index < -0.39 is 11.9 Å². The molecule has 2 rings (SSSR count). The van der Waals surface area contributed by atoms with Gasteiger partial charge in [-0.15, -0.1) is 0 Å². The fourth-order valence-corrected chi connectivity index (χ4v) is 2.12. The van der Waals surface area contributed by atoms with Crippen LogP contribution in [0.25, 0.3) is 0 Å². The summed E-state index contributed by atoms with van der Waals surface area (Å²) in [4.78, 5) is 28.4. The summed E-state index contributed by atoms with van der Waals surface area (Å²) in [7, 11) is 1.54. The molecule has 2 heterocycles. The molecule has 7 nitrogen and oxygen atoms in total. The largest absolute Gasteiger partial charge is 0.481 e. The normalized spacial score (nSPS) is 16.0. The Hall–Kier alpha value is -2.31. The number of rotatable bonds is 5. The summed E-state index contributed by atoms with van der Waals surface area (Å²) in [5.41, 5.74) is 0.875. The molecule has 0 saturated carbocycles. The average molecular weight is 293 g/mol. The first-order valence-electron chi connectivity index (χ1n) is 6.75. The molecule has 1 fully saturated rings. The van der Waals surface area contributed by atoms with Crippen LogP contribution in [-0.2, 0) is 11.3 Å². The van der Waals surface area contributed by atoms with Gasteiger partial charge in [0.1, 0.15) is 0 Å². The first kappa shape index (κ1) is 15.1. The van der Waals surface area contributed by atoms with Crippen molar-refractivity contribution >= 4 is 12.0 Å². The van der Waals surface area contributed by atoms with E-state index in [9.17, 15) is 9.59 Å². The lowest BCUT2D eigenvalue weighted by molar-refractivity contribution is -0.144. The number of aromatic nitrogens is 1. The molecule has 1 aromatic heterocycles. The lowest BCUT2D eigenvalue weighted by atomic mass is 9.87. The highest BCUT2D eigenvalue weighted by atomic mass is 16.5. The van der Waals surface area contributed by atoms with Crippen LogP contribution in [0.5, 0.6) is 5.88 Å². The van der Waals surface area contributed by atoms with E-state index in [0.717, 1.165) is 5.56 Å². The van der Waals surface area contributed by atoms with E-state index >= 15 is 0 Å². The Balaban J connectivity index is 1.74. The summed E-state index contributed by atoms with van der Waals surface area (Å²) in [6.07, 6.45) is 1.64. The number of nitrogens with one attached hydrogen (secondary N) is 1. The van der Waals surface area contributed by atoms with Crippen molar-refractivity contribution in [1.29, 1.82) is 0 Å². The highest BCUT2D eigenvalue weighted by Crippen LogP contribution is 2.23. The van der Waals surface area contributed by atoms with Crippen molar-refractivity contribution in [2.75, 3.05) is 20.2 Å². The maximum Gasteiger partial charge on any atom is 0.317 e. The SMILES string of the molecule is COc1ccc(CNC(=O)N2CC(C(C)C(=O)O)C2)cn1. The van der Waals surface area contributed by atoms with Gasteiger partial charge in [0.25, 0.3) is 0 Å². The van der Waals surface area contributed by atoms with Crippen LogP contribution in [0.3, 0.4) is 0 Å². The minimum absolute atomic E-state index is 0.0379. The lowest BCUT2D eigenvalue weighted by Gasteiger charge is -2.41. The third-order valence-corrected chi connectivity index (χ3v) is 3.74. The van der Waals surface area contributed by atoms with Crippen LogP contribution in [0.2, 0.25) is 0 Å². The Labute approximate surface area is 122 Å². The zero-order chi connectivity index (χ0) is 15.4. The minimum atomic E-state index is -0.815. The van der Waals surface area contributed by atoms with Crippen molar-refractivity contribution in [3.05, 3.63) is 23.9 Å². The summed E-state index contributed by atoms with van der Waals surface area (Å²) in [6, 6.07) is 3.38. The van der Waals surface area contributed by atoms with Crippen molar-refractivity contribution in [2.45, 2.75) is 13.5 Å². The second-order valence-electron chi connectivity index (χ2n) is 5.16. The van der Waals surface area contributed by atoms with Crippen molar-refractivity contribution < 1.29 is 19.4 Å². The Bertz CT molecular complexity index is 511. The van der Waals surface area contributed by atoms with Gasteiger partial charge in [0.2, 0.25) is 5.88 Å². The summed E-state index contributed by atoms with van der Waals surface area (Å²) < 4.78 is 4.96. The zero-order valence-electron chi connectivity index (χ0n) is 12.1. The molecule has 1 aliphatic rings. The van der Waals surface area contributed by atoms with E-state index in [0.29, 0.717) is 25.5 Å². The molecular formula is C14H19N3O4. The molecule has 114 valence electrons. The van der Waals surface area contributed by atoms with Crippen molar-refractivity contribution in [1.82, 2.24) is 15.2 Å². The molecule has 0 bridgehead atoms.